The first-order chi connectivity index (χ1) is 7.10. The van der Waals surface area contributed by atoms with Crippen LogP contribution in [0.15, 0.2) is 30.3 Å². The van der Waals surface area contributed by atoms with E-state index in [0.29, 0.717) is 19.6 Å². The summed E-state index contributed by atoms with van der Waals surface area (Å²) in [6.45, 7) is 1.62. The average molecular weight is 226 g/mol. The Kier molecular flexibility index (Phi) is 2.77. The molecule has 1 aliphatic heterocycles. The van der Waals surface area contributed by atoms with Gasteiger partial charge < -0.3 is 0 Å². The maximum atomic E-state index is 11.7. The smallest absolute Gasteiger partial charge is 0.195 e. The van der Waals surface area contributed by atoms with Crippen molar-refractivity contribution in [3.63, 3.8) is 0 Å². The summed E-state index contributed by atoms with van der Waals surface area (Å²) in [5.41, 5.74) is 1.02. The van der Waals surface area contributed by atoms with Crippen molar-refractivity contribution in [2.24, 2.45) is 0 Å². The van der Waals surface area contributed by atoms with Crippen LogP contribution in [-0.4, -0.2) is 37.2 Å². The third kappa shape index (κ3) is 2.04. The largest absolute Gasteiger partial charge is 0.282 e. The first-order valence-corrected chi connectivity index (χ1v) is 6.26. The van der Waals surface area contributed by atoms with E-state index in [1.54, 1.807) is 7.05 Å². The standard InChI is InChI=1S/C10H14N2O2S/c1-11-7-8-12(15(11,13)14)9-10-5-3-2-4-6-10/h2-6H,7-9H2,1H3. The molecule has 0 spiro atoms. The van der Waals surface area contributed by atoms with Crippen LogP contribution in [0, 0.1) is 0 Å². The molecule has 0 aromatic heterocycles. The molecule has 82 valence electrons. The van der Waals surface area contributed by atoms with Crippen LogP contribution in [0.3, 0.4) is 0 Å². The highest BCUT2D eigenvalue weighted by Crippen LogP contribution is 2.17. The van der Waals surface area contributed by atoms with E-state index in [-0.39, 0.29) is 0 Å². The third-order valence-corrected chi connectivity index (χ3v) is 4.52. The molecule has 1 fully saturated rings. The molecule has 1 saturated heterocycles. The molecule has 4 nitrogen and oxygen atoms in total. The Labute approximate surface area is 90.3 Å². The Bertz CT molecular complexity index is 430. The van der Waals surface area contributed by atoms with Gasteiger partial charge in [0.15, 0.2) is 0 Å². The fourth-order valence-corrected chi connectivity index (χ4v) is 2.96. The molecule has 1 heterocycles. The normalized spacial score (nSPS) is 21.9. The van der Waals surface area contributed by atoms with E-state index < -0.39 is 10.2 Å². The molecular weight excluding hydrogens is 212 g/mol. The van der Waals surface area contributed by atoms with Gasteiger partial charge >= 0.3 is 0 Å². The summed E-state index contributed by atoms with van der Waals surface area (Å²) in [6, 6.07) is 9.64. The molecule has 0 bridgehead atoms. The Balaban J connectivity index is 2.15. The summed E-state index contributed by atoms with van der Waals surface area (Å²) in [6.07, 6.45) is 0. The van der Waals surface area contributed by atoms with E-state index in [2.05, 4.69) is 0 Å². The molecular formula is C10H14N2O2S. The Hall–Kier alpha value is -0.910. The molecule has 0 unspecified atom stereocenters. The lowest BCUT2D eigenvalue weighted by atomic mass is 10.2. The van der Waals surface area contributed by atoms with Crippen LogP contribution in [-0.2, 0) is 16.8 Å². The molecule has 5 heteroatoms. The van der Waals surface area contributed by atoms with E-state index in [9.17, 15) is 8.42 Å². The lowest BCUT2D eigenvalue weighted by molar-refractivity contribution is 0.445. The van der Waals surface area contributed by atoms with E-state index in [4.69, 9.17) is 0 Å². The lowest BCUT2D eigenvalue weighted by Crippen LogP contribution is -2.30. The summed E-state index contributed by atoms with van der Waals surface area (Å²) in [4.78, 5) is 0. The van der Waals surface area contributed by atoms with Gasteiger partial charge in [0, 0.05) is 26.7 Å². The first-order valence-electron chi connectivity index (χ1n) is 4.86. The summed E-state index contributed by atoms with van der Waals surface area (Å²) in [7, 11) is -1.59. The van der Waals surface area contributed by atoms with Gasteiger partial charge in [0.25, 0.3) is 10.2 Å². The number of benzene rings is 1. The second kappa shape index (κ2) is 3.92. The second-order valence-corrected chi connectivity index (χ2v) is 5.68. The highest BCUT2D eigenvalue weighted by molar-refractivity contribution is 7.86. The molecule has 0 saturated carbocycles. The predicted octanol–water partition coefficient (Wildman–Crippen LogP) is 0.679. The summed E-state index contributed by atoms with van der Waals surface area (Å²) >= 11 is 0. The first kappa shape index (κ1) is 10.6. The van der Waals surface area contributed by atoms with E-state index in [0.717, 1.165) is 5.56 Å². The van der Waals surface area contributed by atoms with E-state index >= 15 is 0 Å². The fourth-order valence-electron chi connectivity index (χ4n) is 1.63. The zero-order valence-electron chi connectivity index (χ0n) is 8.63. The molecule has 0 radical (unpaired) electrons. The molecule has 1 aliphatic rings. The maximum absolute atomic E-state index is 11.7. The second-order valence-electron chi connectivity index (χ2n) is 3.65. The Morgan fingerprint density at radius 3 is 2.40 bits per heavy atom. The van der Waals surface area contributed by atoms with Gasteiger partial charge in [-0.2, -0.15) is 17.0 Å². The number of hydrogen-bond donors (Lipinski definition) is 0. The zero-order chi connectivity index (χ0) is 10.9. The van der Waals surface area contributed by atoms with Crippen molar-refractivity contribution in [1.29, 1.82) is 0 Å². The quantitative estimate of drug-likeness (QED) is 0.744. The van der Waals surface area contributed by atoms with Gasteiger partial charge in [-0.25, -0.2) is 0 Å². The van der Waals surface area contributed by atoms with Crippen molar-refractivity contribution >= 4 is 10.2 Å². The average Bonchev–Trinajstić information content (AvgIpc) is 2.47. The molecule has 1 aromatic rings. The highest BCUT2D eigenvalue weighted by Gasteiger charge is 2.33. The van der Waals surface area contributed by atoms with Crippen LogP contribution >= 0.6 is 0 Å². The van der Waals surface area contributed by atoms with Crippen molar-refractivity contribution < 1.29 is 8.42 Å². The van der Waals surface area contributed by atoms with Crippen LogP contribution in [0.1, 0.15) is 5.56 Å². The van der Waals surface area contributed by atoms with Gasteiger partial charge in [-0.05, 0) is 5.56 Å². The predicted molar refractivity (Wildman–Crippen MR) is 58.4 cm³/mol. The van der Waals surface area contributed by atoms with E-state index in [1.165, 1.54) is 8.61 Å². The summed E-state index contributed by atoms with van der Waals surface area (Å²) < 4.78 is 26.4. The maximum Gasteiger partial charge on any atom is 0.282 e. The number of rotatable bonds is 2. The van der Waals surface area contributed by atoms with Gasteiger partial charge in [-0.3, -0.25) is 0 Å². The Morgan fingerprint density at radius 2 is 1.87 bits per heavy atom. The van der Waals surface area contributed by atoms with Crippen molar-refractivity contribution in [3.8, 4) is 0 Å². The third-order valence-electron chi connectivity index (χ3n) is 2.59. The van der Waals surface area contributed by atoms with Gasteiger partial charge in [-0.15, -0.1) is 0 Å². The molecule has 2 rings (SSSR count). The highest BCUT2D eigenvalue weighted by atomic mass is 32.2. The van der Waals surface area contributed by atoms with Crippen molar-refractivity contribution in [2.45, 2.75) is 6.54 Å². The van der Waals surface area contributed by atoms with Gasteiger partial charge in [0.2, 0.25) is 0 Å². The fraction of sp³-hybridized carbons (Fsp3) is 0.400. The Morgan fingerprint density at radius 1 is 1.20 bits per heavy atom. The molecule has 0 aliphatic carbocycles. The van der Waals surface area contributed by atoms with Crippen LogP contribution in [0.25, 0.3) is 0 Å². The SMILES string of the molecule is CN1CCN(Cc2ccccc2)S1(=O)=O. The van der Waals surface area contributed by atoms with Crippen LogP contribution < -0.4 is 0 Å². The topological polar surface area (TPSA) is 40.6 Å². The molecule has 15 heavy (non-hydrogen) atoms. The number of hydrogen-bond acceptors (Lipinski definition) is 2. The zero-order valence-corrected chi connectivity index (χ0v) is 9.44. The van der Waals surface area contributed by atoms with Crippen LogP contribution in [0.2, 0.25) is 0 Å². The molecule has 0 amide bonds. The van der Waals surface area contributed by atoms with Crippen molar-refractivity contribution in [2.75, 3.05) is 20.1 Å². The van der Waals surface area contributed by atoms with E-state index in [1.807, 2.05) is 30.3 Å². The molecule has 1 aromatic carbocycles. The van der Waals surface area contributed by atoms with Crippen molar-refractivity contribution in [3.05, 3.63) is 35.9 Å². The van der Waals surface area contributed by atoms with Crippen LogP contribution in [0.4, 0.5) is 0 Å². The van der Waals surface area contributed by atoms with Gasteiger partial charge in [-0.1, -0.05) is 30.3 Å². The molecule has 0 N–H and O–H groups in total. The van der Waals surface area contributed by atoms with Gasteiger partial charge in [0.1, 0.15) is 0 Å². The minimum Gasteiger partial charge on any atom is -0.195 e. The monoisotopic (exact) mass is 226 g/mol. The minimum absolute atomic E-state index is 0.466. The van der Waals surface area contributed by atoms with Crippen molar-refractivity contribution in [1.82, 2.24) is 8.61 Å². The van der Waals surface area contributed by atoms with Gasteiger partial charge in [0.05, 0.1) is 0 Å². The molecule has 0 atom stereocenters. The number of nitrogens with zero attached hydrogens (tertiary/aromatic N) is 2. The number of likely N-dealkylation sites (N-methyl/N-ethyl adjacent to an activating group) is 1. The summed E-state index contributed by atoms with van der Waals surface area (Å²) in [5.74, 6) is 0. The minimum atomic E-state index is -3.20. The van der Waals surface area contributed by atoms with Crippen LogP contribution in [0.5, 0.6) is 0 Å². The summed E-state index contributed by atoms with van der Waals surface area (Å²) in [5, 5.41) is 0. The lowest BCUT2D eigenvalue weighted by Gasteiger charge is -2.15.